The number of thioether (sulfide) groups is 1. The van der Waals surface area contributed by atoms with E-state index in [4.69, 9.17) is 21.7 Å². The van der Waals surface area contributed by atoms with E-state index in [0.29, 0.717) is 5.69 Å². The van der Waals surface area contributed by atoms with Crippen molar-refractivity contribution in [3.05, 3.63) is 30.3 Å². The molecule has 1 aliphatic rings. The first kappa shape index (κ1) is 20.0. The summed E-state index contributed by atoms with van der Waals surface area (Å²) in [5.74, 6) is -0.483. The van der Waals surface area contributed by atoms with Crippen molar-refractivity contribution in [2.24, 2.45) is 0 Å². The van der Waals surface area contributed by atoms with Crippen molar-refractivity contribution in [3.63, 3.8) is 0 Å². The number of benzene rings is 1. The predicted octanol–water partition coefficient (Wildman–Crippen LogP) is 2.89. The molecule has 0 unspecified atom stereocenters. The Balaban J connectivity index is 2.36. The van der Waals surface area contributed by atoms with E-state index in [0.717, 1.165) is 16.8 Å². The maximum atomic E-state index is 13.1. The topological polar surface area (TPSA) is 88.2 Å². The van der Waals surface area contributed by atoms with Gasteiger partial charge in [-0.2, -0.15) is 5.01 Å². The molecular formula is C16H19N3O5S2. The van der Waals surface area contributed by atoms with E-state index in [-0.39, 0.29) is 17.5 Å². The third-order valence-corrected chi connectivity index (χ3v) is 4.98. The fourth-order valence-electron chi connectivity index (χ4n) is 2.26. The van der Waals surface area contributed by atoms with E-state index in [1.54, 1.807) is 38.1 Å². The summed E-state index contributed by atoms with van der Waals surface area (Å²) in [7, 11) is 0. The van der Waals surface area contributed by atoms with Crippen LogP contribution in [0.3, 0.4) is 0 Å². The van der Waals surface area contributed by atoms with Crippen molar-refractivity contribution in [2.75, 3.05) is 18.1 Å². The molecule has 140 valence electrons. The number of nitrogens with one attached hydrogen (secondary N) is 1. The average Bonchev–Trinajstić information content (AvgIpc) is 2.83. The van der Waals surface area contributed by atoms with Gasteiger partial charge in [0.05, 0.1) is 18.9 Å². The number of thiocarbonyl (C=S) groups is 1. The molecule has 1 aliphatic heterocycles. The average molecular weight is 397 g/mol. The van der Waals surface area contributed by atoms with Crippen molar-refractivity contribution in [1.82, 2.24) is 10.4 Å². The van der Waals surface area contributed by atoms with Gasteiger partial charge in [-0.15, -0.1) is 0 Å². The second-order valence-corrected chi connectivity index (χ2v) is 7.22. The van der Waals surface area contributed by atoms with Crippen molar-refractivity contribution < 1.29 is 23.9 Å². The molecule has 0 saturated carbocycles. The van der Waals surface area contributed by atoms with Crippen LogP contribution in [0.25, 0.3) is 0 Å². The first-order chi connectivity index (χ1) is 12.3. The Labute approximate surface area is 160 Å². The number of amides is 3. The van der Waals surface area contributed by atoms with E-state index in [1.165, 1.54) is 11.8 Å². The standard InChI is InChI=1S/C16H19N3O5S2/c1-4-23-13(21)17-19(14(22)24-5-2)16(3)12(20)18(15(25)26-16)11-9-7-6-8-10-11/h6-10H,4-5H2,1-3H3,(H,17,21)/t16-/m0/s1. The maximum Gasteiger partial charge on any atom is 0.430 e. The van der Waals surface area contributed by atoms with Crippen LogP contribution in [0.15, 0.2) is 30.3 Å². The zero-order chi connectivity index (χ0) is 19.3. The summed E-state index contributed by atoms with van der Waals surface area (Å²) in [6.45, 7) is 4.90. The minimum Gasteiger partial charge on any atom is -0.449 e. The van der Waals surface area contributed by atoms with Gasteiger partial charge in [0.15, 0.2) is 9.19 Å². The Bertz CT molecular complexity index is 715. The lowest BCUT2D eigenvalue weighted by Crippen LogP contribution is -2.60. The number of anilines is 1. The van der Waals surface area contributed by atoms with Crippen LogP contribution in [0.2, 0.25) is 0 Å². The molecule has 8 nitrogen and oxygen atoms in total. The number of hydrazine groups is 1. The van der Waals surface area contributed by atoms with E-state index in [1.807, 2.05) is 6.07 Å². The van der Waals surface area contributed by atoms with Crippen LogP contribution in [0, 0.1) is 0 Å². The summed E-state index contributed by atoms with van der Waals surface area (Å²) in [6, 6.07) is 8.80. The number of carbonyl (C=O) groups excluding carboxylic acids is 3. The first-order valence-electron chi connectivity index (χ1n) is 7.88. The summed E-state index contributed by atoms with van der Waals surface area (Å²) in [6.07, 6.45) is -1.76. The van der Waals surface area contributed by atoms with Crippen LogP contribution in [0.5, 0.6) is 0 Å². The molecule has 0 radical (unpaired) electrons. The lowest BCUT2D eigenvalue weighted by atomic mass is 10.2. The Hall–Kier alpha value is -2.33. The summed E-state index contributed by atoms with van der Waals surface area (Å²) in [5, 5.41) is 0.816. The van der Waals surface area contributed by atoms with Crippen molar-refractivity contribution >= 4 is 52.1 Å². The normalized spacial score (nSPS) is 19.3. The minimum absolute atomic E-state index is 0.0711. The molecule has 1 saturated heterocycles. The highest BCUT2D eigenvalue weighted by Crippen LogP contribution is 2.42. The van der Waals surface area contributed by atoms with E-state index >= 15 is 0 Å². The van der Waals surface area contributed by atoms with Gasteiger partial charge >= 0.3 is 12.2 Å². The fourth-order valence-corrected chi connectivity index (χ4v) is 3.94. The Morgan fingerprint density at radius 1 is 1.23 bits per heavy atom. The molecule has 1 N–H and O–H groups in total. The van der Waals surface area contributed by atoms with Crippen LogP contribution >= 0.6 is 24.0 Å². The lowest BCUT2D eigenvalue weighted by molar-refractivity contribution is -0.123. The fraction of sp³-hybridized carbons (Fsp3) is 0.375. The number of hydrogen-bond donors (Lipinski definition) is 1. The molecule has 0 bridgehead atoms. The third kappa shape index (κ3) is 3.91. The highest BCUT2D eigenvalue weighted by atomic mass is 32.2. The van der Waals surface area contributed by atoms with Crippen LogP contribution in [-0.2, 0) is 14.3 Å². The number of carbonyl (C=O) groups is 3. The Morgan fingerprint density at radius 3 is 2.42 bits per heavy atom. The molecule has 1 heterocycles. The Kier molecular flexibility index (Phi) is 6.43. The predicted molar refractivity (Wildman–Crippen MR) is 102 cm³/mol. The second-order valence-electron chi connectivity index (χ2n) is 5.19. The highest BCUT2D eigenvalue weighted by Gasteiger charge is 2.55. The summed E-state index contributed by atoms with van der Waals surface area (Å²) in [4.78, 5) is 37.1. The van der Waals surface area contributed by atoms with Gasteiger partial charge in [0.1, 0.15) is 0 Å². The molecule has 10 heteroatoms. The van der Waals surface area contributed by atoms with Gasteiger partial charge in [-0.05, 0) is 32.9 Å². The molecule has 1 atom stereocenters. The number of para-hydroxylation sites is 1. The largest absolute Gasteiger partial charge is 0.449 e. The molecule has 26 heavy (non-hydrogen) atoms. The van der Waals surface area contributed by atoms with E-state index in [2.05, 4.69) is 5.43 Å². The van der Waals surface area contributed by atoms with Crippen molar-refractivity contribution in [1.29, 1.82) is 0 Å². The van der Waals surface area contributed by atoms with Gasteiger partial charge in [-0.3, -0.25) is 9.69 Å². The van der Waals surface area contributed by atoms with Crippen LogP contribution < -0.4 is 10.3 Å². The maximum absolute atomic E-state index is 13.1. The van der Waals surface area contributed by atoms with Crippen molar-refractivity contribution in [3.8, 4) is 0 Å². The monoisotopic (exact) mass is 397 g/mol. The molecule has 1 aromatic rings. The van der Waals surface area contributed by atoms with Crippen LogP contribution in [-0.4, -0.2) is 45.5 Å². The quantitative estimate of drug-likeness (QED) is 0.617. The molecule has 3 amide bonds. The number of hydrogen-bond acceptors (Lipinski definition) is 7. The molecule has 0 spiro atoms. The van der Waals surface area contributed by atoms with Crippen molar-refractivity contribution in [2.45, 2.75) is 25.6 Å². The van der Waals surface area contributed by atoms with Gasteiger partial charge in [0.2, 0.25) is 0 Å². The number of rotatable bonds is 4. The summed E-state index contributed by atoms with van der Waals surface area (Å²) < 4.78 is 10.0. The number of ether oxygens (including phenoxy) is 2. The van der Waals surface area contributed by atoms with E-state index in [9.17, 15) is 14.4 Å². The van der Waals surface area contributed by atoms with E-state index < -0.39 is 23.0 Å². The third-order valence-electron chi connectivity index (χ3n) is 3.44. The first-order valence-corrected chi connectivity index (χ1v) is 9.10. The van der Waals surface area contributed by atoms with Gasteiger partial charge < -0.3 is 9.47 Å². The smallest absolute Gasteiger partial charge is 0.430 e. The molecular weight excluding hydrogens is 378 g/mol. The highest BCUT2D eigenvalue weighted by molar-refractivity contribution is 8.25. The molecule has 1 aromatic carbocycles. The lowest BCUT2D eigenvalue weighted by Gasteiger charge is -2.33. The second kappa shape index (κ2) is 8.37. The van der Waals surface area contributed by atoms with Gasteiger partial charge in [0, 0.05) is 0 Å². The van der Waals surface area contributed by atoms with Gasteiger partial charge in [-0.25, -0.2) is 15.0 Å². The molecule has 0 aliphatic carbocycles. The molecule has 2 rings (SSSR count). The van der Waals surface area contributed by atoms with Gasteiger partial charge in [-0.1, -0.05) is 42.2 Å². The molecule has 0 aromatic heterocycles. The molecule has 1 fully saturated rings. The van der Waals surface area contributed by atoms with Gasteiger partial charge in [0.25, 0.3) is 5.91 Å². The Morgan fingerprint density at radius 2 is 1.85 bits per heavy atom. The minimum atomic E-state index is -1.52. The number of nitrogens with zero attached hydrogens (tertiary/aromatic N) is 2. The SMILES string of the molecule is CCOC(=O)NN(C(=O)OCC)[C@@]1(C)SC(=S)N(c2ccccc2)C1=O. The zero-order valence-corrected chi connectivity index (χ0v) is 16.2. The van der Waals surface area contributed by atoms with Crippen LogP contribution in [0.1, 0.15) is 20.8 Å². The summed E-state index contributed by atoms with van der Waals surface area (Å²) in [5.41, 5.74) is 2.85. The summed E-state index contributed by atoms with van der Waals surface area (Å²) >= 11 is 6.29. The van der Waals surface area contributed by atoms with Crippen LogP contribution in [0.4, 0.5) is 15.3 Å². The zero-order valence-electron chi connectivity index (χ0n) is 14.6.